The van der Waals surface area contributed by atoms with Crippen LogP contribution in [0.25, 0.3) is 0 Å². The number of halogens is 3. The molecule has 6 nitrogen and oxygen atoms in total. The maximum Gasteiger partial charge on any atom is 0.573 e. The highest BCUT2D eigenvalue weighted by Crippen LogP contribution is 2.35. The molecule has 1 aliphatic heterocycles. The zero-order valence-electron chi connectivity index (χ0n) is 14.5. The van der Waals surface area contributed by atoms with E-state index < -0.39 is 6.36 Å². The molecule has 0 saturated carbocycles. The number of benzene rings is 1. The van der Waals surface area contributed by atoms with Gasteiger partial charge in [-0.25, -0.2) is 5.43 Å². The van der Waals surface area contributed by atoms with Gasteiger partial charge in [-0.1, -0.05) is 6.92 Å². The molecule has 0 radical (unpaired) electrons. The lowest BCUT2D eigenvalue weighted by Crippen LogP contribution is -2.48. The first-order chi connectivity index (χ1) is 11.7. The molecule has 0 aliphatic carbocycles. The Morgan fingerprint density at radius 2 is 1.88 bits per heavy atom. The number of carbonyl (C=O) groups is 1. The van der Waals surface area contributed by atoms with Gasteiger partial charge in [0.1, 0.15) is 5.75 Å². The molecule has 1 aromatic rings. The maximum atomic E-state index is 12.6. The number of rotatable bonds is 5. The second-order valence-electron chi connectivity index (χ2n) is 5.76. The predicted octanol–water partition coefficient (Wildman–Crippen LogP) is 2.50. The predicted molar refractivity (Wildman–Crippen MR) is 89.6 cm³/mol. The van der Waals surface area contributed by atoms with Gasteiger partial charge in [-0.2, -0.15) is 0 Å². The van der Waals surface area contributed by atoms with Crippen LogP contribution in [0.2, 0.25) is 0 Å². The molecule has 9 heteroatoms. The highest BCUT2D eigenvalue weighted by atomic mass is 19.4. The second kappa shape index (κ2) is 7.81. The average Bonchev–Trinajstić information content (AvgIpc) is 2.56. The van der Waals surface area contributed by atoms with Crippen LogP contribution in [0.5, 0.6) is 5.75 Å². The Bertz CT molecular complexity index is 614. The third-order valence-electron chi connectivity index (χ3n) is 4.12. The van der Waals surface area contributed by atoms with E-state index in [1.807, 2.05) is 18.7 Å². The Morgan fingerprint density at radius 1 is 1.24 bits per heavy atom. The first-order valence-corrected chi connectivity index (χ1v) is 8.11. The summed E-state index contributed by atoms with van der Waals surface area (Å²) in [5, 5.41) is 0. The second-order valence-corrected chi connectivity index (χ2v) is 5.76. The summed E-state index contributed by atoms with van der Waals surface area (Å²) in [4.78, 5) is 15.5. The number of piperazine rings is 1. The fourth-order valence-corrected chi connectivity index (χ4v) is 2.88. The largest absolute Gasteiger partial charge is 0.573 e. The quantitative estimate of drug-likeness (QED) is 0.791. The Balaban J connectivity index is 2.25. The fraction of sp³-hybridized carbons (Fsp3) is 0.562. The van der Waals surface area contributed by atoms with E-state index in [2.05, 4.69) is 15.6 Å². The first-order valence-electron chi connectivity index (χ1n) is 8.11. The van der Waals surface area contributed by atoms with Gasteiger partial charge in [0.2, 0.25) is 5.91 Å². The average molecular weight is 360 g/mol. The molecule has 25 heavy (non-hydrogen) atoms. The number of carbonyl (C=O) groups excluding carboxylic acids is 1. The molecule has 1 heterocycles. The number of hydrogen-bond donors (Lipinski definition) is 2. The van der Waals surface area contributed by atoms with Crippen molar-refractivity contribution in [2.75, 3.05) is 43.6 Å². The summed E-state index contributed by atoms with van der Waals surface area (Å²) >= 11 is 0. The van der Waals surface area contributed by atoms with Gasteiger partial charge in [0, 0.05) is 57.5 Å². The van der Waals surface area contributed by atoms with Crippen molar-refractivity contribution in [3.05, 3.63) is 17.7 Å². The zero-order valence-corrected chi connectivity index (χ0v) is 14.5. The molecule has 2 N–H and O–H groups in total. The van der Waals surface area contributed by atoms with Crippen LogP contribution in [0.3, 0.4) is 0 Å². The van der Waals surface area contributed by atoms with Crippen LogP contribution in [-0.2, 0) is 4.79 Å². The van der Waals surface area contributed by atoms with Gasteiger partial charge in [0.05, 0.1) is 5.69 Å². The van der Waals surface area contributed by atoms with Crippen LogP contribution >= 0.6 is 0 Å². The first kappa shape index (κ1) is 19.2. The number of anilines is 2. The number of ether oxygens (including phenoxy) is 1. The van der Waals surface area contributed by atoms with Crippen molar-refractivity contribution in [2.45, 2.75) is 26.6 Å². The summed E-state index contributed by atoms with van der Waals surface area (Å²) < 4.78 is 41.9. The van der Waals surface area contributed by atoms with E-state index >= 15 is 0 Å². The Morgan fingerprint density at radius 3 is 2.40 bits per heavy atom. The molecule has 1 aromatic carbocycles. The van der Waals surface area contributed by atoms with Crippen molar-refractivity contribution in [2.24, 2.45) is 0 Å². The lowest BCUT2D eigenvalue weighted by Gasteiger charge is -2.37. The molecule has 1 saturated heterocycles. The lowest BCUT2D eigenvalue weighted by molar-refractivity contribution is -0.274. The standard InChI is InChI=1S/C16H23F3N4O2/c1-4-15(24)23-7-5-22(6-8-23)14-10-12(25-16(17,18)19)9-13(11(14)2)21-20-3/h9-10,20-21H,4-8H2,1-3H3. The number of nitrogens with one attached hydrogen (secondary N) is 2. The summed E-state index contributed by atoms with van der Waals surface area (Å²) in [5.74, 6) is -0.194. The number of nitrogens with zero attached hydrogens (tertiary/aromatic N) is 2. The van der Waals surface area contributed by atoms with Crippen LogP contribution in [0.15, 0.2) is 12.1 Å². The minimum atomic E-state index is -4.75. The van der Waals surface area contributed by atoms with E-state index in [-0.39, 0.29) is 11.7 Å². The molecular formula is C16H23F3N4O2. The smallest absolute Gasteiger partial charge is 0.406 e. The Hall–Kier alpha value is -2.16. The van der Waals surface area contributed by atoms with Gasteiger partial charge >= 0.3 is 6.36 Å². The number of hydrazine groups is 1. The third-order valence-corrected chi connectivity index (χ3v) is 4.12. The molecule has 1 amide bonds. The molecule has 2 rings (SSSR count). The van der Waals surface area contributed by atoms with E-state index in [4.69, 9.17) is 0 Å². The molecule has 0 bridgehead atoms. The van der Waals surface area contributed by atoms with Gasteiger partial charge in [-0.3, -0.25) is 4.79 Å². The van der Waals surface area contributed by atoms with E-state index in [9.17, 15) is 18.0 Å². The van der Waals surface area contributed by atoms with Crippen LogP contribution < -0.4 is 20.5 Å². The van der Waals surface area contributed by atoms with Crippen molar-refractivity contribution < 1.29 is 22.7 Å². The summed E-state index contributed by atoms with van der Waals surface area (Å²) in [6, 6.07) is 2.70. The summed E-state index contributed by atoms with van der Waals surface area (Å²) in [7, 11) is 1.63. The van der Waals surface area contributed by atoms with Gasteiger partial charge in [0.25, 0.3) is 0 Å². The van der Waals surface area contributed by atoms with Crippen molar-refractivity contribution >= 4 is 17.3 Å². The topological polar surface area (TPSA) is 56.8 Å². The summed E-state index contributed by atoms with van der Waals surface area (Å²) in [6.07, 6.45) is -4.31. The monoisotopic (exact) mass is 360 g/mol. The normalized spacial score (nSPS) is 15.3. The van der Waals surface area contributed by atoms with Gasteiger partial charge in [-0.05, 0) is 12.5 Å². The third kappa shape index (κ3) is 4.91. The van der Waals surface area contributed by atoms with Gasteiger partial charge in [-0.15, -0.1) is 13.2 Å². The molecule has 140 valence electrons. The van der Waals surface area contributed by atoms with Crippen molar-refractivity contribution in [3.63, 3.8) is 0 Å². The number of alkyl halides is 3. The lowest BCUT2D eigenvalue weighted by atomic mass is 10.1. The number of amides is 1. The molecule has 1 aliphatic rings. The summed E-state index contributed by atoms with van der Waals surface area (Å²) in [5.41, 5.74) is 7.51. The van der Waals surface area contributed by atoms with Crippen molar-refractivity contribution in [1.29, 1.82) is 0 Å². The summed E-state index contributed by atoms with van der Waals surface area (Å²) in [6.45, 7) is 5.85. The van der Waals surface area contributed by atoms with E-state index in [1.54, 1.807) is 11.9 Å². The fourth-order valence-electron chi connectivity index (χ4n) is 2.88. The van der Waals surface area contributed by atoms with Gasteiger partial charge in [0.15, 0.2) is 0 Å². The van der Waals surface area contributed by atoms with E-state index in [1.165, 1.54) is 12.1 Å². The van der Waals surface area contributed by atoms with Crippen molar-refractivity contribution in [1.82, 2.24) is 10.3 Å². The van der Waals surface area contributed by atoms with Crippen molar-refractivity contribution in [3.8, 4) is 5.75 Å². The van der Waals surface area contributed by atoms with Gasteiger partial charge < -0.3 is 20.0 Å². The molecule has 1 fully saturated rings. The van der Waals surface area contributed by atoms with Crippen LogP contribution in [0.4, 0.5) is 24.5 Å². The van der Waals surface area contributed by atoms with E-state index in [0.29, 0.717) is 44.0 Å². The Labute approximate surface area is 144 Å². The van der Waals surface area contributed by atoms with Crippen LogP contribution in [-0.4, -0.2) is 50.4 Å². The molecule has 0 spiro atoms. The maximum absolute atomic E-state index is 12.6. The van der Waals surface area contributed by atoms with Crippen LogP contribution in [0, 0.1) is 6.92 Å². The number of hydrogen-bond acceptors (Lipinski definition) is 5. The van der Waals surface area contributed by atoms with E-state index in [0.717, 1.165) is 5.56 Å². The Kier molecular flexibility index (Phi) is 5.99. The molecule has 0 unspecified atom stereocenters. The SMILES string of the molecule is CCC(=O)N1CCN(c2cc(OC(F)(F)F)cc(NNC)c2C)CC1. The molecule has 0 atom stereocenters. The highest BCUT2D eigenvalue weighted by molar-refractivity contribution is 5.76. The van der Waals surface area contributed by atoms with Crippen LogP contribution in [0.1, 0.15) is 18.9 Å². The molecular weight excluding hydrogens is 337 g/mol. The minimum absolute atomic E-state index is 0.0862. The minimum Gasteiger partial charge on any atom is -0.406 e. The highest BCUT2D eigenvalue weighted by Gasteiger charge is 2.32. The molecule has 0 aromatic heterocycles. The zero-order chi connectivity index (χ0) is 18.6.